The Morgan fingerprint density at radius 2 is 1.66 bits per heavy atom. The van der Waals surface area contributed by atoms with Crippen LogP contribution in [0.25, 0.3) is 0 Å². The molecule has 1 aromatic rings. The number of ether oxygens (including phenoxy) is 2. The Morgan fingerprint density at radius 3 is 2.17 bits per heavy atom. The molecular weight excluding hydrogens is 430 g/mol. The Morgan fingerprint density at radius 1 is 1.07 bits per heavy atom. The molecule has 0 saturated heterocycles. The number of rotatable bonds is 5. The zero-order valence-electron chi connectivity index (χ0n) is 15.3. The maximum atomic E-state index is 13.7. The molecule has 0 bridgehead atoms. The summed E-state index contributed by atoms with van der Waals surface area (Å²) in [7, 11) is 0.969. The summed E-state index contributed by atoms with van der Waals surface area (Å²) in [5, 5.41) is 1.53. The lowest BCUT2D eigenvalue weighted by Crippen LogP contribution is -2.72. The van der Waals surface area contributed by atoms with Crippen LogP contribution < -0.4 is 10.6 Å². The number of amides is 1. The first-order valence-corrected chi connectivity index (χ1v) is 9.29. The van der Waals surface area contributed by atoms with E-state index in [1.54, 1.807) is 0 Å². The molecule has 29 heavy (non-hydrogen) atoms. The van der Waals surface area contributed by atoms with Crippen molar-refractivity contribution in [3.8, 4) is 0 Å². The second kappa shape index (κ2) is 8.28. The quantitative estimate of drug-likeness (QED) is 0.397. The summed E-state index contributed by atoms with van der Waals surface area (Å²) < 4.78 is 90.9. The molecule has 1 aliphatic carbocycles. The Kier molecular flexibility index (Phi) is 6.60. The molecule has 0 aliphatic heterocycles. The van der Waals surface area contributed by atoms with Crippen LogP contribution >= 0.6 is 11.3 Å². The average molecular weight is 448 g/mol. The highest BCUT2D eigenvalue weighted by Gasteiger charge is 2.73. The minimum Gasteiger partial charge on any atom is -0.465 e. The summed E-state index contributed by atoms with van der Waals surface area (Å²) in [6, 6.07) is 0. The van der Waals surface area contributed by atoms with Gasteiger partial charge in [0.2, 0.25) is 0 Å². The number of methoxy groups -OCH3 is 1. The van der Waals surface area contributed by atoms with Gasteiger partial charge in [0.25, 0.3) is 0 Å². The Labute approximate surface area is 165 Å². The van der Waals surface area contributed by atoms with Gasteiger partial charge in [-0.3, -0.25) is 5.32 Å². The van der Waals surface area contributed by atoms with Crippen molar-refractivity contribution in [2.75, 3.05) is 19.0 Å². The van der Waals surface area contributed by atoms with E-state index >= 15 is 0 Å². The summed E-state index contributed by atoms with van der Waals surface area (Å²) in [6.07, 6.45) is -11.9. The van der Waals surface area contributed by atoms with Crippen molar-refractivity contribution in [2.45, 2.75) is 50.6 Å². The number of alkyl halides is 6. The van der Waals surface area contributed by atoms with Crippen molar-refractivity contribution in [2.24, 2.45) is 0 Å². The van der Waals surface area contributed by atoms with Crippen LogP contribution in [0.2, 0.25) is 0 Å². The van der Waals surface area contributed by atoms with Gasteiger partial charge in [-0.2, -0.15) is 26.3 Å². The van der Waals surface area contributed by atoms with Crippen molar-refractivity contribution in [3.63, 3.8) is 0 Å². The fourth-order valence-corrected chi connectivity index (χ4v) is 4.27. The van der Waals surface area contributed by atoms with Gasteiger partial charge in [-0.25, -0.2) is 9.59 Å². The number of carbonyl (C=O) groups excluding carboxylic acids is 2. The molecule has 6 nitrogen and oxygen atoms in total. The third kappa shape index (κ3) is 4.38. The number of hydrogen-bond donors (Lipinski definition) is 2. The number of thiophene rings is 1. The fourth-order valence-electron chi connectivity index (χ4n) is 2.94. The molecule has 2 N–H and O–H groups in total. The molecule has 0 aromatic carbocycles. The highest BCUT2D eigenvalue weighted by atomic mass is 32.1. The second-order valence-electron chi connectivity index (χ2n) is 6.12. The molecule has 0 fully saturated rings. The van der Waals surface area contributed by atoms with E-state index in [4.69, 9.17) is 0 Å². The monoisotopic (exact) mass is 448 g/mol. The molecule has 0 radical (unpaired) electrons. The number of hydrogen-bond acceptors (Lipinski definition) is 6. The van der Waals surface area contributed by atoms with Crippen LogP contribution in [0, 0.1) is 0 Å². The summed E-state index contributed by atoms with van der Waals surface area (Å²) in [4.78, 5) is 24.2. The minimum atomic E-state index is -6.02. The molecule has 0 atom stereocenters. The topological polar surface area (TPSA) is 76.7 Å². The molecule has 0 saturated carbocycles. The molecule has 13 heteroatoms. The van der Waals surface area contributed by atoms with Crippen molar-refractivity contribution >= 4 is 28.4 Å². The smallest absolute Gasteiger partial charge is 0.439 e. The molecule has 0 unspecified atom stereocenters. The van der Waals surface area contributed by atoms with E-state index < -0.39 is 47.2 Å². The van der Waals surface area contributed by atoms with Crippen molar-refractivity contribution in [1.82, 2.24) is 5.32 Å². The number of aryl methyl sites for hydroxylation is 1. The van der Waals surface area contributed by atoms with Crippen LogP contribution in [-0.2, 0) is 22.3 Å². The van der Waals surface area contributed by atoms with Gasteiger partial charge in [0, 0.05) is 4.88 Å². The van der Waals surface area contributed by atoms with Crippen LogP contribution in [-0.4, -0.2) is 43.8 Å². The highest BCUT2D eigenvalue weighted by molar-refractivity contribution is 7.16. The fraction of sp³-hybridized carbons (Fsp3) is 0.625. The second-order valence-corrected chi connectivity index (χ2v) is 7.23. The summed E-state index contributed by atoms with van der Waals surface area (Å²) >= 11 is 0.601. The number of alkyl carbamates (subject to hydrolysis) is 1. The summed E-state index contributed by atoms with van der Waals surface area (Å²) in [5.74, 6) is -1.07. The normalized spacial score (nSPS) is 14.8. The number of anilines is 1. The molecule has 1 aromatic heterocycles. The van der Waals surface area contributed by atoms with Crippen molar-refractivity contribution in [1.29, 1.82) is 0 Å². The average Bonchev–Trinajstić information content (AvgIpc) is 2.96. The standard InChI is InChI=1S/C16H18F6N2O4S/c1-3-28-13(26)24-14(15(17,18)19,16(20,21)22)23-11-10(12(25)27-2)8-6-4-5-7-9(8)29-11/h23H,3-7H2,1-2H3,(H,24,26). The minimum absolute atomic E-state index is 0.314. The molecule has 0 spiro atoms. The van der Waals surface area contributed by atoms with Crippen LogP contribution in [0.3, 0.4) is 0 Å². The van der Waals surface area contributed by atoms with E-state index in [2.05, 4.69) is 9.47 Å². The maximum Gasteiger partial charge on any atom is 0.439 e. The SMILES string of the molecule is CCOC(=O)NC(Nc1sc2c(c1C(=O)OC)CCCC2)(C(F)(F)F)C(F)(F)F. The zero-order chi connectivity index (χ0) is 22.0. The molecule has 1 heterocycles. The summed E-state index contributed by atoms with van der Waals surface area (Å²) in [6.45, 7) is 0.775. The Balaban J connectivity index is 2.64. The lowest BCUT2D eigenvalue weighted by Gasteiger charge is -2.38. The predicted molar refractivity (Wildman–Crippen MR) is 90.9 cm³/mol. The molecule has 164 valence electrons. The van der Waals surface area contributed by atoms with Gasteiger partial charge in [0.1, 0.15) is 5.00 Å². The first-order valence-electron chi connectivity index (χ1n) is 8.47. The van der Waals surface area contributed by atoms with Gasteiger partial charge in [-0.1, -0.05) is 0 Å². The maximum absolute atomic E-state index is 13.7. The van der Waals surface area contributed by atoms with E-state index in [0.717, 1.165) is 12.4 Å². The van der Waals surface area contributed by atoms with E-state index in [0.29, 0.717) is 47.5 Å². The van der Waals surface area contributed by atoms with E-state index in [9.17, 15) is 35.9 Å². The molecular formula is C16H18F6N2O4S. The van der Waals surface area contributed by atoms with Gasteiger partial charge in [0.15, 0.2) is 0 Å². The number of esters is 1. The van der Waals surface area contributed by atoms with E-state index in [1.807, 2.05) is 0 Å². The first kappa shape index (κ1) is 23.1. The third-order valence-electron chi connectivity index (χ3n) is 4.28. The Bertz CT molecular complexity index is 761. The van der Waals surface area contributed by atoms with Gasteiger partial charge < -0.3 is 14.8 Å². The number of nitrogens with one attached hydrogen (secondary N) is 2. The third-order valence-corrected chi connectivity index (χ3v) is 5.48. The Hall–Kier alpha value is -2.18. The van der Waals surface area contributed by atoms with Crippen LogP contribution in [0.4, 0.5) is 36.1 Å². The molecule has 1 amide bonds. The zero-order valence-corrected chi connectivity index (χ0v) is 16.2. The highest BCUT2D eigenvalue weighted by Crippen LogP contribution is 2.47. The van der Waals surface area contributed by atoms with Crippen LogP contribution in [0.15, 0.2) is 0 Å². The largest absolute Gasteiger partial charge is 0.465 e. The van der Waals surface area contributed by atoms with Gasteiger partial charge in [-0.05, 0) is 38.2 Å². The van der Waals surface area contributed by atoms with E-state index in [1.165, 1.54) is 12.2 Å². The van der Waals surface area contributed by atoms with Crippen LogP contribution in [0.1, 0.15) is 40.6 Å². The van der Waals surface area contributed by atoms with Crippen LogP contribution in [0.5, 0.6) is 0 Å². The molecule has 2 rings (SSSR count). The van der Waals surface area contributed by atoms with E-state index in [-0.39, 0.29) is 0 Å². The summed E-state index contributed by atoms with van der Waals surface area (Å²) in [5.41, 5.74) is -4.91. The number of fused-ring (bicyclic) bond motifs is 1. The lowest BCUT2D eigenvalue weighted by atomic mass is 9.95. The van der Waals surface area contributed by atoms with Gasteiger partial charge in [0.05, 0.1) is 19.3 Å². The van der Waals surface area contributed by atoms with Gasteiger partial charge in [-0.15, -0.1) is 11.3 Å². The number of halogens is 6. The van der Waals surface area contributed by atoms with Crippen molar-refractivity contribution < 1.29 is 45.4 Å². The molecule has 1 aliphatic rings. The predicted octanol–water partition coefficient (Wildman–Crippen LogP) is 4.39. The van der Waals surface area contributed by atoms with Crippen molar-refractivity contribution in [3.05, 3.63) is 16.0 Å². The number of carbonyl (C=O) groups is 2. The first-order chi connectivity index (χ1) is 13.4. The lowest BCUT2D eigenvalue weighted by molar-refractivity contribution is -0.294. The van der Waals surface area contributed by atoms with Gasteiger partial charge >= 0.3 is 30.1 Å².